The van der Waals surface area contributed by atoms with Gasteiger partial charge in [-0.2, -0.15) is 0 Å². The molecule has 1 aliphatic rings. The van der Waals surface area contributed by atoms with Crippen LogP contribution in [-0.4, -0.2) is 18.3 Å². The van der Waals surface area contributed by atoms with E-state index in [2.05, 4.69) is 5.43 Å². The smallest absolute Gasteiger partial charge is 0.149 e. The Kier molecular flexibility index (Phi) is 2.25. The van der Waals surface area contributed by atoms with Gasteiger partial charge in [-0.1, -0.05) is 23.4 Å². The van der Waals surface area contributed by atoms with Gasteiger partial charge in [0, 0.05) is 6.54 Å². The third-order valence-corrected chi connectivity index (χ3v) is 1.78. The van der Waals surface area contributed by atoms with Gasteiger partial charge < -0.3 is 4.84 Å². The number of hydrogen-bond acceptors (Lipinski definition) is 3. The highest BCUT2D eigenvalue weighted by molar-refractivity contribution is 5.20. The van der Waals surface area contributed by atoms with Crippen LogP contribution in [0, 0.1) is 0 Å². The van der Waals surface area contributed by atoms with Crippen LogP contribution >= 0.6 is 0 Å². The van der Waals surface area contributed by atoms with Gasteiger partial charge >= 0.3 is 0 Å². The Morgan fingerprint density at radius 3 is 2.75 bits per heavy atom. The van der Waals surface area contributed by atoms with Gasteiger partial charge in [-0.15, -0.1) is 0 Å². The van der Waals surface area contributed by atoms with Gasteiger partial charge in [-0.3, -0.25) is 0 Å². The average molecular weight is 164 g/mol. The van der Waals surface area contributed by atoms with Gasteiger partial charge in [0.2, 0.25) is 0 Å². The molecule has 0 aliphatic carbocycles. The first-order valence-corrected chi connectivity index (χ1v) is 4.19. The van der Waals surface area contributed by atoms with Crippen molar-refractivity contribution in [2.45, 2.75) is 6.42 Å². The minimum Gasteiger partial charge on any atom is -0.391 e. The fraction of sp³-hybridized carbons (Fsp3) is 0.333. The highest BCUT2D eigenvalue weighted by atomic mass is 16.7. The van der Waals surface area contributed by atoms with E-state index in [1.165, 1.54) is 0 Å². The molecule has 1 fully saturated rings. The van der Waals surface area contributed by atoms with Crippen molar-refractivity contribution in [3.05, 3.63) is 30.3 Å². The quantitative estimate of drug-likeness (QED) is 0.710. The topological polar surface area (TPSA) is 24.5 Å². The second-order valence-electron chi connectivity index (χ2n) is 2.77. The van der Waals surface area contributed by atoms with Crippen LogP contribution in [0.3, 0.4) is 0 Å². The fourth-order valence-electron chi connectivity index (χ4n) is 1.19. The van der Waals surface area contributed by atoms with Crippen LogP contribution < -0.4 is 10.3 Å². The molecule has 1 saturated heterocycles. The Balaban J connectivity index is 1.94. The number of para-hydroxylation sites is 1. The number of benzene rings is 1. The maximum Gasteiger partial charge on any atom is 0.149 e. The molecule has 3 nitrogen and oxygen atoms in total. The number of hydroxylamine groups is 1. The molecule has 1 heterocycles. The number of nitrogens with zero attached hydrogens (tertiary/aromatic N) is 1. The van der Waals surface area contributed by atoms with Gasteiger partial charge in [0.1, 0.15) is 5.75 Å². The van der Waals surface area contributed by atoms with Gasteiger partial charge in [0.15, 0.2) is 0 Å². The van der Waals surface area contributed by atoms with Crippen molar-refractivity contribution >= 4 is 0 Å². The van der Waals surface area contributed by atoms with Crippen LogP contribution in [-0.2, 0) is 0 Å². The minimum atomic E-state index is 0.881. The van der Waals surface area contributed by atoms with Crippen molar-refractivity contribution in [1.82, 2.24) is 10.6 Å². The monoisotopic (exact) mass is 164 g/mol. The lowest BCUT2D eigenvalue weighted by Gasteiger charge is -2.15. The van der Waals surface area contributed by atoms with Crippen LogP contribution in [0.25, 0.3) is 0 Å². The lowest BCUT2D eigenvalue weighted by Crippen LogP contribution is -2.33. The summed E-state index contributed by atoms with van der Waals surface area (Å²) in [7, 11) is 0. The van der Waals surface area contributed by atoms with Crippen LogP contribution in [0.5, 0.6) is 5.75 Å². The average Bonchev–Trinajstić information content (AvgIpc) is 2.59. The van der Waals surface area contributed by atoms with E-state index in [-0.39, 0.29) is 0 Å². The van der Waals surface area contributed by atoms with E-state index in [1.807, 2.05) is 30.3 Å². The molecule has 0 saturated carbocycles. The third-order valence-electron chi connectivity index (χ3n) is 1.78. The normalized spacial score (nSPS) is 18.0. The van der Waals surface area contributed by atoms with Crippen molar-refractivity contribution in [2.24, 2.45) is 0 Å². The third kappa shape index (κ3) is 1.75. The van der Waals surface area contributed by atoms with Crippen molar-refractivity contribution < 1.29 is 4.84 Å². The molecule has 1 aromatic rings. The number of rotatable bonds is 2. The standard InChI is InChI=1S/C9H12N2O/c1-2-5-9(6-3-1)12-11-8-4-7-10-11/h1-3,5-6,10H,4,7-8H2. The Morgan fingerprint density at radius 1 is 1.25 bits per heavy atom. The zero-order valence-electron chi connectivity index (χ0n) is 6.86. The van der Waals surface area contributed by atoms with Crippen LogP contribution in [0.2, 0.25) is 0 Å². The van der Waals surface area contributed by atoms with E-state index in [0.29, 0.717) is 0 Å². The van der Waals surface area contributed by atoms with E-state index in [0.717, 1.165) is 25.3 Å². The molecule has 0 spiro atoms. The zero-order chi connectivity index (χ0) is 8.23. The number of hydrazine groups is 1. The zero-order valence-corrected chi connectivity index (χ0v) is 6.86. The summed E-state index contributed by atoms with van der Waals surface area (Å²) in [6.45, 7) is 1.96. The molecule has 0 unspecified atom stereocenters. The van der Waals surface area contributed by atoms with Crippen LogP contribution in [0.1, 0.15) is 6.42 Å². The minimum absolute atomic E-state index is 0.881. The van der Waals surface area contributed by atoms with Gasteiger partial charge in [-0.25, -0.2) is 5.43 Å². The van der Waals surface area contributed by atoms with Gasteiger partial charge in [0.25, 0.3) is 0 Å². The highest BCUT2D eigenvalue weighted by Gasteiger charge is 2.11. The van der Waals surface area contributed by atoms with E-state index < -0.39 is 0 Å². The first-order chi connectivity index (χ1) is 5.95. The molecule has 0 radical (unpaired) electrons. The second-order valence-corrected chi connectivity index (χ2v) is 2.77. The predicted octanol–water partition coefficient (Wildman–Crippen LogP) is 1.19. The van der Waals surface area contributed by atoms with E-state index in [4.69, 9.17) is 4.84 Å². The summed E-state index contributed by atoms with van der Waals surface area (Å²) in [4.78, 5) is 5.50. The van der Waals surface area contributed by atoms with E-state index >= 15 is 0 Å². The second kappa shape index (κ2) is 3.56. The summed E-state index contributed by atoms with van der Waals surface area (Å²) < 4.78 is 0. The SMILES string of the molecule is c1ccc(ON2CCCN2)cc1. The molecule has 1 aliphatic heterocycles. The molecule has 3 heteroatoms. The Bertz CT molecular complexity index is 232. The molecule has 64 valence electrons. The molecule has 2 rings (SSSR count). The first kappa shape index (κ1) is 7.58. The fourth-order valence-corrected chi connectivity index (χ4v) is 1.19. The molecule has 0 aromatic heterocycles. The highest BCUT2D eigenvalue weighted by Crippen LogP contribution is 2.10. The molecular formula is C9H12N2O. The first-order valence-electron chi connectivity index (χ1n) is 4.19. The summed E-state index contributed by atoms with van der Waals surface area (Å²) >= 11 is 0. The van der Waals surface area contributed by atoms with Gasteiger partial charge in [-0.05, 0) is 18.6 Å². The molecule has 1 N–H and O–H groups in total. The maximum atomic E-state index is 5.50. The molecule has 0 amide bonds. The summed E-state index contributed by atoms with van der Waals surface area (Å²) in [6, 6.07) is 9.79. The molecule has 12 heavy (non-hydrogen) atoms. The largest absolute Gasteiger partial charge is 0.391 e. The molecule has 1 aromatic carbocycles. The maximum absolute atomic E-state index is 5.50. The Morgan fingerprint density at radius 2 is 2.08 bits per heavy atom. The summed E-state index contributed by atoms with van der Waals surface area (Å²) in [5, 5.41) is 1.77. The van der Waals surface area contributed by atoms with Crippen LogP contribution in [0.4, 0.5) is 0 Å². The van der Waals surface area contributed by atoms with E-state index in [9.17, 15) is 0 Å². The van der Waals surface area contributed by atoms with Crippen molar-refractivity contribution in [1.29, 1.82) is 0 Å². The summed E-state index contributed by atoms with van der Waals surface area (Å²) in [5.41, 5.74) is 3.12. The van der Waals surface area contributed by atoms with E-state index in [1.54, 1.807) is 5.17 Å². The Labute approximate surface area is 71.9 Å². The summed E-state index contributed by atoms with van der Waals surface area (Å²) in [5.74, 6) is 0.881. The number of hydrogen-bond donors (Lipinski definition) is 1. The van der Waals surface area contributed by atoms with Crippen molar-refractivity contribution in [2.75, 3.05) is 13.1 Å². The molecular weight excluding hydrogens is 152 g/mol. The predicted molar refractivity (Wildman–Crippen MR) is 46.4 cm³/mol. The lowest BCUT2D eigenvalue weighted by molar-refractivity contribution is -0.0785. The van der Waals surface area contributed by atoms with Crippen LogP contribution in [0.15, 0.2) is 30.3 Å². The number of nitrogens with one attached hydrogen (secondary N) is 1. The lowest BCUT2D eigenvalue weighted by atomic mass is 10.3. The van der Waals surface area contributed by atoms with Crippen molar-refractivity contribution in [3.63, 3.8) is 0 Å². The Hall–Kier alpha value is -1.06. The molecule has 0 bridgehead atoms. The van der Waals surface area contributed by atoms with Gasteiger partial charge in [0.05, 0.1) is 6.54 Å². The molecule has 0 atom stereocenters. The summed E-state index contributed by atoms with van der Waals surface area (Å²) in [6.07, 6.45) is 1.15. The van der Waals surface area contributed by atoms with Crippen molar-refractivity contribution in [3.8, 4) is 5.75 Å².